The van der Waals surface area contributed by atoms with Crippen LogP contribution in [0.2, 0.25) is 0 Å². The first-order valence-corrected chi connectivity index (χ1v) is 5.68. The minimum absolute atomic E-state index is 0.0340. The smallest absolute Gasteiger partial charge is 0.312 e. The normalized spacial score (nSPS) is 10.8. The molecule has 2 heterocycles. The summed E-state index contributed by atoms with van der Waals surface area (Å²) >= 11 is 0. The maximum atomic E-state index is 11.4. The van der Waals surface area contributed by atoms with Gasteiger partial charge in [-0.25, -0.2) is 4.98 Å². The Kier molecular flexibility index (Phi) is 3.47. The molecule has 0 unspecified atom stereocenters. The second kappa shape index (κ2) is 5.05. The van der Waals surface area contributed by atoms with Crippen molar-refractivity contribution in [2.45, 2.75) is 20.0 Å². The van der Waals surface area contributed by atoms with Gasteiger partial charge in [-0.1, -0.05) is 6.07 Å². The highest BCUT2D eigenvalue weighted by molar-refractivity contribution is 5.74. The van der Waals surface area contributed by atoms with Crippen molar-refractivity contribution < 1.29 is 14.6 Å². The van der Waals surface area contributed by atoms with Crippen molar-refractivity contribution in [3.63, 3.8) is 0 Å². The second-order valence-corrected chi connectivity index (χ2v) is 3.81. The summed E-state index contributed by atoms with van der Waals surface area (Å²) in [6.07, 6.45) is 1.78. The molecule has 0 atom stereocenters. The summed E-state index contributed by atoms with van der Waals surface area (Å²) in [5.41, 5.74) is 7.62. The molecule has 2 rings (SSSR count). The molecule has 0 spiro atoms. The largest absolute Gasteiger partial charge is 0.466 e. The van der Waals surface area contributed by atoms with E-state index < -0.39 is 0 Å². The van der Waals surface area contributed by atoms with Crippen LogP contribution in [0.3, 0.4) is 0 Å². The van der Waals surface area contributed by atoms with Crippen LogP contribution in [0.25, 0.3) is 5.65 Å². The van der Waals surface area contributed by atoms with Crippen LogP contribution in [0, 0.1) is 0 Å². The minimum Gasteiger partial charge on any atom is -0.466 e. The van der Waals surface area contributed by atoms with Crippen molar-refractivity contribution in [1.82, 2.24) is 9.38 Å². The number of fused-ring (bicyclic) bond motifs is 1. The Morgan fingerprint density at radius 3 is 3.06 bits per heavy atom. The summed E-state index contributed by atoms with van der Waals surface area (Å²) in [4.78, 5) is 15.7. The van der Waals surface area contributed by atoms with E-state index in [-0.39, 0.29) is 19.0 Å². The van der Waals surface area contributed by atoms with Crippen LogP contribution in [0.1, 0.15) is 18.2 Å². The van der Waals surface area contributed by atoms with Crippen LogP contribution >= 0.6 is 0 Å². The molecule has 0 fully saturated rings. The molecule has 2 aromatic rings. The van der Waals surface area contributed by atoms with Gasteiger partial charge in [-0.15, -0.1) is 0 Å². The number of aliphatic hydroxyl groups is 1. The molecule has 0 amide bonds. The molecule has 3 N–H and O–H groups in total. The molecule has 0 bridgehead atoms. The lowest BCUT2D eigenvalue weighted by Gasteiger charge is -2.00. The van der Waals surface area contributed by atoms with Crippen molar-refractivity contribution in [2.24, 2.45) is 0 Å². The highest BCUT2D eigenvalue weighted by Gasteiger charge is 2.15. The molecule has 0 radical (unpaired) electrons. The monoisotopic (exact) mass is 249 g/mol. The van der Waals surface area contributed by atoms with Gasteiger partial charge in [0.1, 0.15) is 11.5 Å². The van der Waals surface area contributed by atoms with Gasteiger partial charge in [0.25, 0.3) is 0 Å². The number of aliphatic hydroxyl groups excluding tert-OH is 1. The first-order chi connectivity index (χ1) is 8.67. The number of carbonyl (C=O) groups excluding carboxylic acids is 1. The summed E-state index contributed by atoms with van der Waals surface area (Å²) in [6, 6.07) is 3.53. The summed E-state index contributed by atoms with van der Waals surface area (Å²) in [5.74, 6) is 0.0338. The van der Waals surface area contributed by atoms with Gasteiger partial charge in [-0.05, 0) is 13.0 Å². The average molecular weight is 249 g/mol. The minimum atomic E-state index is -0.363. The Bertz CT molecular complexity index is 577. The zero-order valence-corrected chi connectivity index (χ0v) is 10.1. The van der Waals surface area contributed by atoms with E-state index in [1.165, 1.54) is 0 Å². The first-order valence-electron chi connectivity index (χ1n) is 5.68. The first kappa shape index (κ1) is 12.4. The lowest BCUT2D eigenvalue weighted by atomic mass is 10.3. The summed E-state index contributed by atoms with van der Waals surface area (Å²) < 4.78 is 6.51. The van der Waals surface area contributed by atoms with Gasteiger partial charge in [0.2, 0.25) is 0 Å². The van der Waals surface area contributed by atoms with Gasteiger partial charge in [-0.2, -0.15) is 0 Å². The molecule has 0 saturated carbocycles. The Hall–Kier alpha value is -2.08. The fourth-order valence-corrected chi connectivity index (χ4v) is 1.79. The van der Waals surface area contributed by atoms with Crippen LogP contribution in [0.5, 0.6) is 0 Å². The summed E-state index contributed by atoms with van der Waals surface area (Å²) in [6.45, 7) is 1.95. The van der Waals surface area contributed by atoms with E-state index in [1.54, 1.807) is 29.7 Å². The third kappa shape index (κ3) is 2.14. The maximum absolute atomic E-state index is 11.4. The maximum Gasteiger partial charge on any atom is 0.312 e. The highest BCUT2D eigenvalue weighted by atomic mass is 16.5. The molecule has 0 saturated heterocycles. The Balaban J connectivity index is 2.41. The molecule has 2 aromatic heterocycles. The van der Waals surface area contributed by atoms with Crippen molar-refractivity contribution in [2.75, 3.05) is 12.3 Å². The van der Waals surface area contributed by atoms with E-state index in [1.807, 2.05) is 0 Å². The fraction of sp³-hybridized carbons (Fsp3) is 0.333. The Morgan fingerprint density at radius 2 is 2.39 bits per heavy atom. The molecule has 96 valence electrons. The SMILES string of the molecule is CCOC(=O)Cc1nc2c(CO)cccn2c1N. The molecule has 0 aromatic carbocycles. The van der Waals surface area contributed by atoms with E-state index in [2.05, 4.69) is 4.98 Å². The molecule has 0 aliphatic carbocycles. The van der Waals surface area contributed by atoms with E-state index in [4.69, 9.17) is 10.5 Å². The number of nitrogens with zero attached hydrogens (tertiary/aromatic N) is 2. The van der Waals surface area contributed by atoms with Crippen molar-refractivity contribution in [3.05, 3.63) is 29.6 Å². The number of anilines is 1. The molecule has 18 heavy (non-hydrogen) atoms. The molecular formula is C12H15N3O3. The number of aromatic nitrogens is 2. The van der Waals surface area contributed by atoms with Gasteiger partial charge < -0.3 is 15.6 Å². The number of esters is 1. The van der Waals surface area contributed by atoms with Crippen LogP contribution in [-0.2, 0) is 22.6 Å². The van der Waals surface area contributed by atoms with Gasteiger partial charge in [0.15, 0.2) is 0 Å². The molecule has 6 heteroatoms. The highest BCUT2D eigenvalue weighted by Crippen LogP contribution is 2.18. The number of imidazole rings is 1. The fourth-order valence-electron chi connectivity index (χ4n) is 1.79. The zero-order valence-electron chi connectivity index (χ0n) is 10.1. The standard InChI is InChI=1S/C12H15N3O3/c1-2-18-10(17)6-9-11(13)15-5-3-4-8(7-16)12(15)14-9/h3-5,16H,2,6-7,13H2,1H3. The van der Waals surface area contributed by atoms with Crippen molar-refractivity contribution >= 4 is 17.4 Å². The number of nitrogen functional groups attached to an aromatic ring is 1. The van der Waals surface area contributed by atoms with Crippen LogP contribution < -0.4 is 5.73 Å². The second-order valence-electron chi connectivity index (χ2n) is 3.81. The van der Waals surface area contributed by atoms with Gasteiger partial charge in [-0.3, -0.25) is 9.20 Å². The predicted octanol–water partition coefficient (Wildman–Crippen LogP) is 0.514. The lowest BCUT2D eigenvalue weighted by molar-refractivity contribution is -0.142. The zero-order chi connectivity index (χ0) is 13.1. The number of hydrogen-bond acceptors (Lipinski definition) is 5. The molecule has 6 nitrogen and oxygen atoms in total. The van der Waals surface area contributed by atoms with Crippen molar-refractivity contribution in [3.8, 4) is 0 Å². The number of carbonyl (C=O) groups is 1. The van der Waals surface area contributed by atoms with Gasteiger partial charge in [0.05, 0.1) is 25.3 Å². The average Bonchev–Trinajstić information content (AvgIpc) is 2.67. The van der Waals surface area contributed by atoms with Crippen molar-refractivity contribution in [1.29, 1.82) is 0 Å². The van der Waals surface area contributed by atoms with E-state index >= 15 is 0 Å². The predicted molar refractivity (Wildman–Crippen MR) is 65.9 cm³/mol. The van der Waals surface area contributed by atoms with Crippen LogP contribution in [0.15, 0.2) is 18.3 Å². The number of rotatable bonds is 4. The quantitative estimate of drug-likeness (QED) is 0.771. The van der Waals surface area contributed by atoms with E-state index in [0.717, 1.165) is 0 Å². The summed E-state index contributed by atoms with van der Waals surface area (Å²) in [5, 5.41) is 9.22. The third-order valence-corrected chi connectivity index (χ3v) is 2.63. The van der Waals surface area contributed by atoms with Gasteiger partial charge >= 0.3 is 5.97 Å². The molecular weight excluding hydrogens is 234 g/mol. The number of nitrogens with two attached hydrogens (primary N) is 1. The number of hydrogen-bond donors (Lipinski definition) is 2. The molecule has 0 aliphatic rings. The van der Waals surface area contributed by atoms with Gasteiger partial charge in [0, 0.05) is 11.8 Å². The third-order valence-electron chi connectivity index (χ3n) is 2.63. The topological polar surface area (TPSA) is 89.8 Å². The Morgan fingerprint density at radius 1 is 1.61 bits per heavy atom. The van der Waals surface area contributed by atoms with E-state index in [0.29, 0.717) is 29.3 Å². The van der Waals surface area contributed by atoms with E-state index in [9.17, 15) is 9.90 Å². The summed E-state index contributed by atoms with van der Waals surface area (Å²) in [7, 11) is 0. The Labute approximate surface area is 104 Å². The molecule has 0 aliphatic heterocycles. The number of pyridine rings is 1. The van der Waals surface area contributed by atoms with Crippen LogP contribution in [-0.4, -0.2) is 27.1 Å². The lowest BCUT2D eigenvalue weighted by Crippen LogP contribution is -2.09. The number of ether oxygens (including phenoxy) is 1. The van der Waals surface area contributed by atoms with Crippen LogP contribution in [0.4, 0.5) is 5.82 Å².